The number of rotatable bonds is 3. The van der Waals surface area contributed by atoms with Crippen LogP contribution in [-0.4, -0.2) is 43.7 Å². The van der Waals surface area contributed by atoms with Gasteiger partial charge in [-0.2, -0.15) is 4.98 Å². The van der Waals surface area contributed by atoms with Crippen molar-refractivity contribution >= 4 is 38.4 Å². The first-order valence-electron chi connectivity index (χ1n) is 8.75. The van der Waals surface area contributed by atoms with Crippen LogP contribution in [0, 0.1) is 13.8 Å². The highest BCUT2D eigenvalue weighted by Gasteiger charge is 2.17. The van der Waals surface area contributed by atoms with E-state index in [1.165, 1.54) is 11.3 Å². The fourth-order valence-electron chi connectivity index (χ4n) is 3.11. The summed E-state index contributed by atoms with van der Waals surface area (Å²) in [5.74, 6) is 2.05. The van der Waals surface area contributed by atoms with Gasteiger partial charge < -0.3 is 14.8 Å². The first-order chi connectivity index (χ1) is 13.5. The van der Waals surface area contributed by atoms with Crippen LogP contribution in [0.15, 0.2) is 18.2 Å². The largest absolute Gasteiger partial charge is 0.486 e. The average Bonchev–Trinajstić information content (AvgIpc) is 3.22. The smallest absolute Gasteiger partial charge is 0.252 e. The second kappa shape index (κ2) is 6.41. The van der Waals surface area contributed by atoms with Gasteiger partial charge in [0.25, 0.3) is 5.78 Å². The molecule has 3 aromatic heterocycles. The summed E-state index contributed by atoms with van der Waals surface area (Å²) in [5.41, 5.74) is 2.53. The Bertz CT molecular complexity index is 1190. The molecule has 1 amide bonds. The van der Waals surface area contributed by atoms with Gasteiger partial charge in [-0.1, -0.05) is 11.3 Å². The molecule has 1 N–H and O–H groups in total. The number of amides is 1. The summed E-state index contributed by atoms with van der Waals surface area (Å²) in [6.07, 6.45) is 0.0422. The van der Waals surface area contributed by atoms with Crippen LogP contribution in [0.2, 0.25) is 0 Å². The maximum atomic E-state index is 12.4. The number of benzene rings is 1. The summed E-state index contributed by atoms with van der Waals surface area (Å²) < 4.78 is 13.7. The van der Waals surface area contributed by atoms with Gasteiger partial charge in [-0.05, 0) is 19.9 Å². The summed E-state index contributed by atoms with van der Waals surface area (Å²) in [6.45, 7) is 4.87. The van der Waals surface area contributed by atoms with Gasteiger partial charge in [0.05, 0.1) is 16.6 Å². The Kier molecular flexibility index (Phi) is 3.86. The van der Waals surface area contributed by atoms with Crippen LogP contribution in [-0.2, 0) is 11.2 Å². The fourth-order valence-corrected chi connectivity index (χ4v) is 4.00. The standard InChI is InChI=1S/C18H16N6O3S/c1-9-5-10(2)24-17(19-9)21-15(23-24)8-16(25)22-18-20-11-6-12-13(7-14(11)28-18)27-4-3-26-12/h5-7H,3-4,8H2,1-2H3,(H,20,22,25). The molecule has 0 radical (unpaired) electrons. The average molecular weight is 396 g/mol. The van der Waals surface area contributed by atoms with Gasteiger partial charge in [0, 0.05) is 23.5 Å². The van der Waals surface area contributed by atoms with Crippen molar-refractivity contribution in [2.45, 2.75) is 20.3 Å². The van der Waals surface area contributed by atoms with E-state index in [1.54, 1.807) is 4.52 Å². The Hall–Kier alpha value is -3.27. The molecule has 1 aliphatic heterocycles. The molecule has 28 heavy (non-hydrogen) atoms. The third kappa shape index (κ3) is 3.01. The third-order valence-corrected chi connectivity index (χ3v) is 5.21. The van der Waals surface area contributed by atoms with Crippen molar-refractivity contribution in [3.8, 4) is 11.5 Å². The molecule has 4 aromatic rings. The number of fused-ring (bicyclic) bond motifs is 3. The number of thiazole rings is 1. The highest BCUT2D eigenvalue weighted by molar-refractivity contribution is 7.22. The minimum absolute atomic E-state index is 0.0422. The highest BCUT2D eigenvalue weighted by atomic mass is 32.1. The normalized spacial score (nSPS) is 13.2. The summed E-state index contributed by atoms with van der Waals surface area (Å²) in [4.78, 5) is 25.6. The Morgan fingerprint density at radius 1 is 1.14 bits per heavy atom. The molecule has 5 rings (SSSR count). The Morgan fingerprint density at radius 3 is 2.75 bits per heavy atom. The molecule has 0 saturated carbocycles. The minimum atomic E-state index is -0.235. The minimum Gasteiger partial charge on any atom is -0.486 e. The zero-order valence-electron chi connectivity index (χ0n) is 15.2. The van der Waals surface area contributed by atoms with Gasteiger partial charge >= 0.3 is 0 Å². The molecule has 0 spiro atoms. The van der Waals surface area contributed by atoms with E-state index in [0.717, 1.165) is 21.6 Å². The second-order valence-corrected chi connectivity index (χ2v) is 7.52. The van der Waals surface area contributed by atoms with Crippen molar-refractivity contribution in [3.63, 3.8) is 0 Å². The molecular weight excluding hydrogens is 380 g/mol. The van der Waals surface area contributed by atoms with Crippen LogP contribution in [0.3, 0.4) is 0 Å². The maximum Gasteiger partial charge on any atom is 0.252 e. The predicted octanol–water partition coefficient (Wildman–Crippen LogP) is 2.30. The lowest BCUT2D eigenvalue weighted by Gasteiger charge is -2.17. The second-order valence-electron chi connectivity index (χ2n) is 6.49. The summed E-state index contributed by atoms with van der Waals surface area (Å²) in [5, 5.41) is 7.69. The van der Waals surface area contributed by atoms with Gasteiger partial charge in [-0.15, -0.1) is 5.10 Å². The maximum absolute atomic E-state index is 12.4. The molecule has 9 nitrogen and oxygen atoms in total. The van der Waals surface area contributed by atoms with E-state index in [4.69, 9.17) is 9.47 Å². The van der Waals surface area contributed by atoms with Crippen molar-refractivity contribution < 1.29 is 14.3 Å². The predicted molar refractivity (Wildman–Crippen MR) is 103 cm³/mol. The number of nitrogens with zero attached hydrogens (tertiary/aromatic N) is 5. The Balaban J connectivity index is 1.36. The summed E-state index contributed by atoms with van der Waals surface area (Å²) >= 11 is 1.38. The number of hydrogen-bond acceptors (Lipinski definition) is 8. The van der Waals surface area contributed by atoms with E-state index < -0.39 is 0 Å². The van der Waals surface area contributed by atoms with E-state index >= 15 is 0 Å². The van der Waals surface area contributed by atoms with E-state index in [1.807, 2.05) is 32.0 Å². The molecule has 0 atom stereocenters. The van der Waals surface area contributed by atoms with Gasteiger partial charge in [-0.25, -0.2) is 14.5 Å². The number of aryl methyl sites for hydroxylation is 2. The molecular formula is C18H16N6O3S. The van der Waals surface area contributed by atoms with Crippen LogP contribution in [0.5, 0.6) is 11.5 Å². The van der Waals surface area contributed by atoms with Gasteiger partial charge in [0.2, 0.25) is 5.91 Å². The van der Waals surface area contributed by atoms with Crippen molar-refractivity contribution in [3.05, 3.63) is 35.4 Å². The van der Waals surface area contributed by atoms with Gasteiger partial charge in [0.1, 0.15) is 13.2 Å². The monoisotopic (exact) mass is 396 g/mol. The Labute approximate surface area is 163 Å². The molecule has 1 aliphatic rings. The number of ether oxygens (including phenoxy) is 2. The lowest BCUT2D eigenvalue weighted by molar-refractivity contribution is -0.115. The van der Waals surface area contributed by atoms with E-state index in [-0.39, 0.29) is 12.3 Å². The molecule has 0 saturated heterocycles. The number of nitrogens with one attached hydrogen (secondary N) is 1. The first-order valence-corrected chi connectivity index (χ1v) is 9.57. The molecule has 1 aromatic carbocycles. The molecule has 0 unspecified atom stereocenters. The lowest BCUT2D eigenvalue weighted by atomic mass is 10.3. The third-order valence-electron chi connectivity index (χ3n) is 4.28. The quantitative estimate of drug-likeness (QED) is 0.567. The SMILES string of the molecule is Cc1cc(C)n2nc(CC(=O)Nc3nc4cc5c(cc4s3)OCCO5)nc2n1. The van der Waals surface area contributed by atoms with Crippen molar-refractivity contribution in [1.29, 1.82) is 0 Å². The number of aromatic nitrogens is 5. The molecule has 0 bridgehead atoms. The molecule has 10 heteroatoms. The number of hydrogen-bond donors (Lipinski definition) is 1. The van der Waals surface area contributed by atoms with Crippen molar-refractivity contribution in [1.82, 2.24) is 24.6 Å². The molecule has 4 heterocycles. The highest BCUT2D eigenvalue weighted by Crippen LogP contribution is 2.37. The topological polar surface area (TPSA) is 104 Å². The lowest BCUT2D eigenvalue weighted by Crippen LogP contribution is -2.15. The van der Waals surface area contributed by atoms with Gasteiger partial charge in [0.15, 0.2) is 22.5 Å². The Morgan fingerprint density at radius 2 is 1.93 bits per heavy atom. The molecule has 0 fully saturated rings. The number of anilines is 1. The van der Waals surface area contributed by atoms with Crippen LogP contribution < -0.4 is 14.8 Å². The number of carbonyl (C=O) groups is 1. The first kappa shape index (κ1) is 16.9. The van der Waals surface area contributed by atoms with E-state index in [9.17, 15) is 4.79 Å². The summed E-state index contributed by atoms with van der Waals surface area (Å²) in [6, 6.07) is 5.63. The van der Waals surface area contributed by atoms with E-state index in [0.29, 0.717) is 41.4 Å². The molecule has 142 valence electrons. The van der Waals surface area contributed by atoms with Crippen LogP contribution >= 0.6 is 11.3 Å². The van der Waals surface area contributed by atoms with Crippen LogP contribution in [0.1, 0.15) is 17.2 Å². The zero-order valence-corrected chi connectivity index (χ0v) is 16.0. The van der Waals surface area contributed by atoms with Crippen molar-refractivity contribution in [2.24, 2.45) is 0 Å². The molecule has 0 aliphatic carbocycles. The van der Waals surface area contributed by atoms with E-state index in [2.05, 4.69) is 25.4 Å². The van der Waals surface area contributed by atoms with Gasteiger partial charge in [-0.3, -0.25) is 4.79 Å². The van der Waals surface area contributed by atoms with Crippen molar-refractivity contribution in [2.75, 3.05) is 18.5 Å². The van der Waals surface area contributed by atoms with Crippen LogP contribution in [0.4, 0.5) is 5.13 Å². The summed E-state index contributed by atoms with van der Waals surface area (Å²) in [7, 11) is 0. The fraction of sp³-hybridized carbons (Fsp3) is 0.278. The number of carbonyl (C=O) groups excluding carboxylic acids is 1. The van der Waals surface area contributed by atoms with Crippen LogP contribution in [0.25, 0.3) is 16.0 Å². The zero-order chi connectivity index (χ0) is 19.3.